The monoisotopic (exact) mass is 229 g/mol. The van der Waals surface area contributed by atoms with Gasteiger partial charge >= 0.3 is 6.09 Å². The van der Waals surface area contributed by atoms with Crippen molar-refractivity contribution in [3.05, 3.63) is 0 Å². The molecule has 1 fully saturated rings. The number of ether oxygens (including phenoxy) is 1. The molecule has 1 amide bonds. The summed E-state index contributed by atoms with van der Waals surface area (Å²) < 4.78 is 5.39. The molecule has 1 aliphatic carbocycles. The van der Waals surface area contributed by atoms with Crippen molar-refractivity contribution in [2.24, 2.45) is 17.1 Å². The molecular formula is C12H23NO3. The van der Waals surface area contributed by atoms with Gasteiger partial charge in [-0.2, -0.15) is 0 Å². The van der Waals surface area contributed by atoms with Crippen LogP contribution in [0.5, 0.6) is 0 Å². The zero-order valence-corrected chi connectivity index (χ0v) is 10.5. The Morgan fingerprint density at radius 2 is 1.94 bits per heavy atom. The first-order valence-electron chi connectivity index (χ1n) is 5.90. The average Bonchev–Trinajstić information content (AvgIpc) is 2.16. The number of carbonyl (C=O) groups excluding carboxylic acids is 1. The van der Waals surface area contributed by atoms with Crippen molar-refractivity contribution < 1.29 is 14.6 Å². The predicted octanol–water partition coefficient (Wildman–Crippen LogP) is 2.05. The fourth-order valence-corrected chi connectivity index (χ4v) is 2.52. The van der Waals surface area contributed by atoms with E-state index in [1.165, 1.54) is 0 Å². The quantitative estimate of drug-likeness (QED) is 0.761. The Hall–Kier alpha value is -0.770. The maximum Gasteiger partial charge on any atom is 0.405 e. The van der Waals surface area contributed by atoms with Gasteiger partial charge in [-0.15, -0.1) is 0 Å². The summed E-state index contributed by atoms with van der Waals surface area (Å²) in [5.41, 5.74) is 4.57. The number of aliphatic hydroxyl groups excluding tert-OH is 1. The second kappa shape index (κ2) is 4.62. The molecule has 0 radical (unpaired) electrons. The molecule has 1 aliphatic rings. The van der Waals surface area contributed by atoms with Crippen LogP contribution in [0.3, 0.4) is 0 Å². The van der Waals surface area contributed by atoms with E-state index in [4.69, 9.17) is 15.6 Å². The van der Waals surface area contributed by atoms with Gasteiger partial charge in [-0.05, 0) is 31.6 Å². The molecular weight excluding hydrogens is 206 g/mol. The lowest BCUT2D eigenvalue weighted by molar-refractivity contribution is -0.0995. The topological polar surface area (TPSA) is 72.5 Å². The van der Waals surface area contributed by atoms with E-state index in [1.807, 2.05) is 0 Å². The molecule has 3 N–H and O–H groups in total. The fourth-order valence-electron chi connectivity index (χ4n) is 2.52. The van der Waals surface area contributed by atoms with E-state index in [1.54, 1.807) is 0 Å². The summed E-state index contributed by atoms with van der Waals surface area (Å²) >= 11 is 0. The molecule has 0 aromatic heterocycles. The van der Waals surface area contributed by atoms with Crippen molar-refractivity contribution in [2.75, 3.05) is 6.61 Å². The lowest BCUT2D eigenvalue weighted by Gasteiger charge is -2.47. The Balaban J connectivity index is 2.79. The summed E-state index contributed by atoms with van der Waals surface area (Å²) in [5, 5.41) is 9.11. The van der Waals surface area contributed by atoms with Gasteiger partial charge in [0.15, 0.2) is 0 Å². The SMILES string of the molecule is CC(C)(C)[C@]1(OC(N)=O)CC[C@H](CO)CC1. The number of hydrogen-bond donors (Lipinski definition) is 2. The van der Waals surface area contributed by atoms with Crippen LogP contribution < -0.4 is 5.73 Å². The highest BCUT2D eigenvalue weighted by molar-refractivity contribution is 5.65. The summed E-state index contributed by atoms with van der Waals surface area (Å²) in [4.78, 5) is 11.0. The van der Waals surface area contributed by atoms with Crippen molar-refractivity contribution >= 4 is 6.09 Å². The van der Waals surface area contributed by atoms with Crippen LogP contribution in [0.25, 0.3) is 0 Å². The molecule has 0 spiro atoms. The molecule has 94 valence electrons. The Kier molecular flexibility index (Phi) is 3.84. The van der Waals surface area contributed by atoms with E-state index >= 15 is 0 Å². The van der Waals surface area contributed by atoms with Gasteiger partial charge in [-0.3, -0.25) is 0 Å². The third-order valence-corrected chi connectivity index (χ3v) is 3.83. The van der Waals surface area contributed by atoms with Gasteiger partial charge in [-0.25, -0.2) is 4.79 Å². The number of amides is 1. The van der Waals surface area contributed by atoms with Crippen molar-refractivity contribution in [1.82, 2.24) is 0 Å². The van der Waals surface area contributed by atoms with Crippen LogP contribution in [0.1, 0.15) is 46.5 Å². The van der Waals surface area contributed by atoms with Crippen LogP contribution in [-0.2, 0) is 4.74 Å². The van der Waals surface area contributed by atoms with Crippen LogP contribution in [0.15, 0.2) is 0 Å². The van der Waals surface area contributed by atoms with Gasteiger partial charge in [0.1, 0.15) is 5.60 Å². The number of carbonyl (C=O) groups is 1. The van der Waals surface area contributed by atoms with Gasteiger partial charge in [0.2, 0.25) is 0 Å². The maximum atomic E-state index is 11.0. The molecule has 0 atom stereocenters. The summed E-state index contributed by atoms with van der Waals surface area (Å²) in [6.07, 6.45) is 2.65. The normalized spacial score (nSPS) is 31.1. The smallest absolute Gasteiger partial charge is 0.405 e. The summed E-state index contributed by atoms with van der Waals surface area (Å²) in [6, 6.07) is 0. The Morgan fingerprint density at radius 3 is 2.25 bits per heavy atom. The van der Waals surface area contributed by atoms with Gasteiger partial charge in [0.05, 0.1) is 0 Å². The number of hydrogen-bond acceptors (Lipinski definition) is 3. The minimum Gasteiger partial charge on any atom is -0.443 e. The largest absolute Gasteiger partial charge is 0.443 e. The molecule has 0 unspecified atom stereocenters. The number of nitrogens with two attached hydrogens (primary N) is 1. The molecule has 4 heteroatoms. The molecule has 4 nitrogen and oxygen atoms in total. The van der Waals surface area contributed by atoms with Crippen LogP contribution in [0.4, 0.5) is 4.79 Å². The van der Waals surface area contributed by atoms with Crippen molar-refractivity contribution in [1.29, 1.82) is 0 Å². The van der Waals surface area contributed by atoms with E-state index in [0.717, 1.165) is 25.7 Å². The van der Waals surface area contributed by atoms with Crippen molar-refractivity contribution in [2.45, 2.75) is 52.1 Å². The molecule has 0 bridgehead atoms. The molecule has 1 rings (SSSR count). The molecule has 0 saturated heterocycles. The van der Waals surface area contributed by atoms with Gasteiger partial charge in [0.25, 0.3) is 0 Å². The summed E-state index contributed by atoms with van der Waals surface area (Å²) in [7, 11) is 0. The lowest BCUT2D eigenvalue weighted by Crippen LogP contribution is -2.50. The Bertz CT molecular complexity index is 249. The molecule has 0 heterocycles. The second-order valence-corrected chi connectivity index (χ2v) is 5.79. The third-order valence-electron chi connectivity index (χ3n) is 3.83. The van der Waals surface area contributed by atoms with E-state index in [0.29, 0.717) is 5.92 Å². The number of rotatable bonds is 2. The van der Waals surface area contributed by atoms with Gasteiger partial charge < -0.3 is 15.6 Å². The highest BCUT2D eigenvalue weighted by Crippen LogP contribution is 2.46. The zero-order chi connectivity index (χ0) is 12.4. The fraction of sp³-hybridized carbons (Fsp3) is 0.917. The van der Waals surface area contributed by atoms with Crippen LogP contribution >= 0.6 is 0 Å². The Labute approximate surface area is 97.2 Å². The number of primary amides is 1. The minimum atomic E-state index is -0.697. The highest BCUT2D eigenvalue weighted by Gasteiger charge is 2.47. The first-order valence-corrected chi connectivity index (χ1v) is 5.90. The third kappa shape index (κ3) is 2.67. The summed E-state index contributed by atoms with van der Waals surface area (Å²) in [5.74, 6) is 0.340. The van der Waals surface area contributed by atoms with E-state index in [-0.39, 0.29) is 12.0 Å². The van der Waals surface area contributed by atoms with Crippen molar-refractivity contribution in [3.63, 3.8) is 0 Å². The second-order valence-electron chi connectivity index (χ2n) is 5.79. The first-order chi connectivity index (χ1) is 7.31. The number of aliphatic hydroxyl groups is 1. The van der Waals surface area contributed by atoms with Crippen LogP contribution in [0.2, 0.25) is 0 Å². The standard InChI is InChI=1S/C12H23NO3/c1-11(2,3)12(16-10(13)15)6-4-9(8-14)5-7-12/h9,14H,4-8H2,1-3H3,(H2,13,15)/t9-,12-. The van der Waals surface area contributed by atoms with E-state index < -0.39 is 11.7 Å². The first kappa shape index (κ1) is 13.3. The molecule has 16 heavy (non-hydrogen) atoms. The molecule has 0 aromatic rings. The zero-order valence-electron chi connectivity index (χ0n) is 10.5. The average molecular weight is 229 g/mol. The predicted molar refractivity (Wildman–Crippen MR) is 61.9 cm³/mol. The van der Waals surface area contributed by atoms with Crippen LogP contribution in [-0.4, -0.2) is 23.4 Å². The van der Waals surface area contributed by atoms with E-state index in [9.17, 15) is 4.79 Å². The molecule has 1 saturated carbocycles. The van der Waals surface area contributed by atoms with E-state index in [2.05, 4.69) is 20.8 Å². The van der Waals surface area contributed by atoms with Gasteiger partial charge in [-0.1, -0.05) is 20.8 Å². The minimum absolute atomic E-state index is 0.123. The lowest BCUT2D eigenvalue weighted by atomic mass is 9.66. The maximum absolute atomic E-state index is 11.0. The van der Waals surface area contributed by atoms with Crippen molar-refractivity contribution in [3.8, 4) is 0 Å². The molecule has 0 aliphatic heterocycles. The molecule has 0 aromatic carbocycles. The summed E-state index contributed by atoms with van der Waals surface area (Å²) in [6.45, 7) is 6.41. The van der Waals surface area contributed by atoms with Crippen LogP contribution in [0, 0.1) is 11.3 Å². The Morgan fingerprint density at radius 1 is 1.44 bits per heavy atom. The highest BCUT2D eigenvalue weighted by atomic mass is 16.6. The van der Waals surface area contributed by atoms with Gasteiger partial charge in [0, 0.05) is 12.0 Å².